The molecule has 0 radical (unpaired) electrons. The summed E-state index contributed by atoms with van der Waals surface area (Å²) in [5.41, 5.74) is 10.9. The van der Waals surface area contributed by atoms with Crippen molar-refractivity contribution in [1.29, 1.82) is 0 Å². The van der Waals surface area contributed by atoms with Crippen LogP contribution in [0.4, 0.5) is 5.82 Å². The minimum atomic E-state index is -0.574. The predicted octanol–water partition coefficient (Wildman–Crippen LogP) is -1.38. The van der Waals surface area contributed by atoms with E-state index in [1.54, 1.807) is 4.57 Å². The van der Waals surface area contributed by atoms with E-state index in [-0.39, 0.29) is 24.0 Å². The van der Waals surface area contributed by atoms with E-state index >= 15 is 0 Å². The highest BCUT2D eigenvalue weighted by Crippen LogP contribution is 2.31. The number of amides is 1. The van der Waals surface area contributed by atoms with Crippen molar-refractivity contribution < 1.29 is 9.53 Å². The highest BCUT2D eigenvalue weighted by atomic mass is 16.5. The smallest absolute Gasteiger partial charge is 0.284 e. The second-order valence-corrected chi connectivity index (χ2v) is 3.63. The van der Waals surface area contributed by atoms with Gasteiger partial charge >= 0.3 is 0 Å². The van der Waals surface area contributed by atoms with Gasteiger partial charge in [0.15, 0.2) is 18.0 Å². The monoisotopic (exact) mass is 222 g/mol. The van der Waals surface area contributed by atoms with Crippen molar-refractivity contribution in [3.63, 3.8) is 0 Å². The number of amidine groups is 1. The van der Waals surface area contributed by atoms with Crippen LogP contribution in [0.25, 0.3) is 0 Å². The summed E-state index contributed by atoms with van der Waals surface area (Å²) in [4.78, 5) is 19.2. The lowest BCUT2D eigenvalue weighted by molar-refractivity contribution is 0.0996. The standard InChI is InChI=1S/C8H10N6O2/c9-5(15)4-7-11-1-3-6(13-8(10)16-3)14(7)2-12-4/h2-3,6,11H,1H2,(H2,9,15)(H2,10,13)/t3-,6+/m0/s1. The average Bonchev–Trinajstić information content (AvgIpc) is 2.77. The number of anilines is 1. The maximum Gasteiger partial charge on any atom is 0.284 e. The molecule has 0 fully saturated rings. The quantitative estimate of drug-likeness (QED) is 0.540. The van der Waals surface area contributed by atoms with Gasteiger partial charge in [0.2, 0.25) is 0 Å². The number of nitrogens with one attached hydrogen (secondary N) is 1. The fraction of sp³-hybridized carbons (Fsp3) is 0.375. The lowest BCUT2D eigenvalue weighted by Gasteiger charge is -2.26. The number of aliphatic imine (C=N–C) groups is 1. The van der Waals surface area contributed by atoms with Crippen molar-refractivity contribution >= 4 is 17.7 Å². The van der Waals surface area contributed by atoms with Crippen LogP contribution in [-0.2, 0) is 4.74 Å². The van der Waals surface area contributed by atoms with Gasteiger partial charge in [0, 0.05) is 0 Å². The molecule has 16 heavy (non-hydrogen) atoms. The Morgan fingerprint density at radius 2 is 2.50 bits per heavy atom. The Morgan fingerprint density at radius 3 is 3.25 bits per heavy atom. The first-order valence-corrected chi connectivity index (χ1v) is 4.77. The van der Waals surface area contributed by atoms with E-state index in [9.17, 15) is 4.79 Å². The van der Waals surface area contributed by atoms with Crippen molar-refractivity contribution in [3.05, 3.63) is 12.0 Å². The number of ether oxygens (including phenoxy) is 1. The summed E-state index contributed by atoms with van der Waals surface area (Å²) in [5.74, 6) is -0.00799. The van der Waals surface area contributed by atoms with Gasteiger partial charge in [-0.1, -0.05) is 0 Å². The van der Waals surface area contributed by atoms with Crippen molar-refractivity contribution in [1.82, 2.24) is 9.55 Å². The van der Waals surface area contributed by atoms with E-state index in [1.165, 1.54) is 6.33 Å². The number of imidazole rings is 1. The van der Waals surface area contributed by atoms with Crippen molar-refractivity contribution in [3.8, 4) is 0 Å². The molecular weight excluding hydrogens is 212 g/mol. The zero-order valence-corrected chi connectivity index (χ0v) is 8.25. The zero-order chi connectivity index (χ0) is 11.3. The molecule has 8 heteroatoms. The van der Waals surface area contributed by atoms with Crippen LogP contribution in [0.1, 0.15) is 16.7 Å². The lowest BCUT2D eigenvalue weighted by Crippen LogP contribution is -2.35. The van der Waals surface area contributed by atoms with Crippen molar-refractivity contribution in [2.45, 2.75) is 12.3 Å². The molecule has 0 bridgehead atoms. The molecule has 2 aliphatic heterocycles. The number of hydrogen-bond acceptors (Lipinski definition) is 6. The van der Waals surface area contributed by atoms with E-state index in [2.05, 4.69) is 15.3 Å². The average molecular weight is 222 g/mol. The fourth-order valence-corrected chi connectivity index (χ4v) is 1.96. The first-order valence-electron chi connectivity index (χ1n) is 4.77. The molecule has 3 rings (SSSR count). The summed E-state index contributed by atoms with van der Waals surface area (Å²) < 4.78 is 6.99. The molecule has 0 aliphatic carbocycles. The summed E-state index contributed by atoms with van der Waals surface area (Å²) in [5, 5.41) is 3.03. The normalized spacial score (nSPS) is 26.1. The molecule has 8 nitrogen and oxygen atoms in total. The maximum atomic E-state index is 11.1. The van der Waals surface area contributed by atoms with Crippen molar-refractivity contribution in [2.75, 3.05) is 11.9 Å². The molecular formula is C8H10N6O2. The Balaban J connectivity index is 2.07. The number of rotatable bonds is 1. The van der Waals surface area contributed by atoms with Gasteiger partial charge in [0.05, 0.1) is 12.9 Å². The molecule has 0 spiro atoms. The summed E-state index contributed by atoms with van der Waals surface area (Å²) in [6.45, 7) is 0.515. The van der Waals surface area contributed by atoms with Crippen LogP contribution in [0, 0.1) is 0 Å². The molecule has 5 N–H and O–H groups in total. The molecule has 0 saturated heterocycles. The van der Waals surface area contributed by atoms with Crippen LogP contribution in [0.15, 0.2) is 11.3 Å². The number of hydrogen-bond donors (Lipinski definition) is 3. The number of nitrogens with two attached hydrogens (primary N) is 2. The van der Waals surface area contributed by atoms with E-state index in [4.69, 9.17) is 16.2 Å². The van der Waals surface area contributed by atoms with Crippen LogP contribution in [0.5, 0.6) is 0 Å². The minimum Gasteiger partial charge on any atom is -0.456 e. The topological polar surface area (TPSA) is 121 Å². The number of primary amides is 1. The summed E-state index contributed by atoms with van der Waals surface area (Å²) >= 11 is 0. The summed E-state index contributed by atoms with van der Waals surface area (Å²) in [6, 6.07) is 0.152. The van der Waals surface area contributed by atoms with Gasteiger partial charge in [-0.15, -0.1) is 0 Å². The zero-order valence-electron chi connectivity index (χ0n) is 8.25. The minimum absolute atomic E-state index is 0.152. The predicted molar refractivity (Wildman–Crippen MR) is 54.8 cm³/mol. The van der Waals surface area contributed by atoms with Crippen LogP contribution in [0.3, 0.4) is 0 Å². The van der Waals surface area contributed by atoms with Gasteiger partial charge in [-0.05, 0) is 0 Å². The molecule has 3 heterocycles. The maximum absolute atomic E-state index is 11.1. The van der Waals surface area contributed by atoms with Crippen LogP contribution >= 0.6 is 0 Å². The third-order valence-electron chi connectivity index (χ3n) is 2.65. The molecule has 0 saturated carbocycles. The molecule has 0 unspecified atom stereocenters. The molecule has 1 aromatic heterocycles. The summed E-state index contributed by atoms with van der Waals surface area (Å²) in [7, 11) is 0. The number of aromatic nitrogens is 2. The van der Waals surface area contributed by atoms with E-state index < -0.39 is 5.91 Å². The van der Waals surface area contributed by atoms with Gasteiger partial charge in [-0.2, -0.15) is 0 Å². The van der Waals surface area contributed by atoms with Gasteiger partial charge in [0.25, 0.3) is 11.9 Å². The fourth-order valence-electron chi connectivity index (χ4n) is 1.96. The number of nitrogens with zero attached hydrogens (tertiary/aromatic N) is 3. The molecule has 1 amide bonds. The number of fused-ring (bicyclic) bond motifs is 3. The second kappa shape index (κ2) is 2.87. The molecule has 2 atom stereocenters. The third kappa shape index (κ3) is 1.06. The SMILES string of the molecule is NC(=O)c1ncn2c1NC[C@@H]1OC(N)=N[C@@H]12. The summed E-state index contributed by atoms with van der Waals surface area (Å²) in [6.07, 6.45) is 1.07. The first-order chi connectivity index (χ1) is 7.66. The second-order valence-electron chi connectivity index (χ2n) is 3.63. The Kier molecular flexibility index (Phi) is 1.62. The Bertz CT molecular complexity index is 493. The van der Waals surface area contributed by atoms with Crippen LogP contribution in [-0.4, -0.2) is 34.1 Å². The van der Waals surface area contributed by atoms with E-state index in [0.29, 0.717) is 12.4 Å². The van der Waals surface area contributed by atoms with Crippen molar-refractivity contribution in [2.24, 2.45) is 16.5 Å². The molecule has 84 valence electrons. The Hall–Kier alpha value is -2.25. The number of carbonyl (C=O) groups is 1. The highest BCUT2D eigenvalue weighted by Gasteiger charge is 2.37. The van der Waals surface area contributed by atoms with Gasteiger partial charge in [-0.3, -0.25) is 9.36 Å². The third-order valence-corrected chi connectivity index (χ3v) is 2.65. The van der Waals surface area contributed by atoms with E-state index in [1.807, 2.05) is 0 Å². The van der Waals surface area contributed by atoms with Crippen LogP contribution < -0.4 is 16.8 Å². The highest BCUT2D eigenvalue weighted by molar-refractivity contribution is 5.96. The van der Waals surface area contributed by atoms with Crippen LogP contribution in [0.2, 0.25) is 0 Å². The van der Waals surface area contributed by atoms with Gasteiger partial charge < -0.3 is 21.5 Å². The Labute approximate surface area is 90.3 Å². The lowest BCUT2D eigenvalue weighted by atomic mass is 10.2. The van der Waals surface area contributed by atoms with Gasteiger partial charge in [0.1, 0.15) is 5.82 Å². The largest absolute Gasteiger partial charge is 0.456 e. The molecule has 0 aromatic carbocycles. The Morgan fingerprint density at radius 1 is 1.69 bits per heavy atom. The van der Waals surface area contributed by atoms with E-state index in [0.717, 1.165) is 0 Å². The molecule has 1 aromatic rings. The first kappa shape index (κ1) is 9.01. The van der Waals surface area contributed by atoms with Gasteiger partial charge in [-0.25, -0.2) is 9.98 Å². The number of carbonyl (C=O) groups excluding carboxylic acids is 1. The molecule has 2 aliphatic rings.